The van der Waals surface area contributed by atoms with Crippen molar-refractivity contribution in [1.29, 1.82) is 0 Å². The average molecular weight is 435 g/mol. The molecule has 0 atom stereocenters. The van der Waals surface area contributed by atoms with Crippen molar-refractivity contribution in [3.05, 3.63) is 71.8 Å². The average Bonchev–Trinajstić information content (AvgIpc) is 3.18. The van der Waals surface area contributed by atoms with Crippen molar-refractivity contribution in [1.82, 2.24) is 4.98 Å². The molecule has 1 N–H and O–H groups in total. The Morgan fingerprint density at radius 2 is 1.52 bits per heavy atom. The maximum Gasteiger partial charge on any atom is 0.227 e. The van der Waals surface area contributed by atoms with E-state index in [4.69, 9.17) is 16.0 Å². The molecule has 0 spiro atoms. The molecule has 160 valence electrons. The van der Waals surface area contributed by atoms with Gasteiger partial charge in [-0.1, -0.05) is 63.6 Å². The fourth-order valence-corrected chi connectivity index (χ4v) is 3.32. The number of anilines is 1. The first-order chi connectivity index (χ1) is 15.0. The molecule has 0 unspecified atom stereocenters. The molecule has 0 aliphatic carbocycles. The molecule has 4 aromatic rings. The highest BCUT2D eigenvalue weighted by atomic mass is 35.5. The fraction of sp³-hybridized carbons (Fsp3) is 0.231. The number of hydrogen-bond donors (Lipinski definition) is 1. The molecule has 3 aromatic carbocycles. The Morgan fingerprint density at radius 1 is 0.935 bits per heavy atom. The lowest BCUT2D eigenvalue weighted by molar-refractivity contribution is -0.116. The fourth-order valence-electron chi connectivity index (χ4n) is 3.16. The number of oxazole rings is 1. The first-order valence-corrected chi connectivity index (χ1v) is 10.9. The van der Waals surface area contributed by atoms with Crippen LogP contribution >= 0.6 is 11.6 Å². The molecule has 0 saturated heterocycles. The highest BCUT2D eigenvalue weighted by Gasteiger charge is 2.09. The summed E-state index contributed by atoms with van der Waals surface area (Å²) in [5.74, 6) is 0.944. The van der Waals surface area contributed by atoms with Crippen LogP contribution in [0.4, 0.5) is 5.69 Å². The molecule has 0 saturated carbocycles. The second-order valence-electron chi connectivity index (χ2n) is 7.43. The Bertz CT molecular complexity index is 1150. The van der Waals surface area contributed by atoms with Crippen LogP contribution in [0.15, 0.2) is 71.1 Å². The minimum absolute atomic E-state index is 0.0386. The van der Waals surface area contributed by atoms with Crippen LogP contribution in [-0.2, 0) is 4.79 Å². The lowest BCUT2D eigenvalue weighted by Crippen LogP contribution is -2.13. The van der Waals surface area contributed by atoms with Gasteiger partial charge in [0.2, 0.25) is 11.8 Å². The van der Waals surface area contributed by atoms with E-state index in [1.54, 1.807) is 12.1 Å². The summed E-state index contributed by atoms with van der Waals surface area (Å²) in [6, 6.07) is 21.3. The first-order valence-electron chi connectivity index (χ1n) is 10.5. The van der Waals surface area contributed by atoms with Crippen molar-refractivity contribution in [3.8, 4) is 22.6 Å². The van der Waals surface area contributed by atoms with E-state index in [0.717, 1.165) is 27.9 Å². The summed E-state index contributed by atoms with van der Waals surface area (Å²) < 4.78 is 5.82. The van der Waals surface area contributed by atoms with E-state index in [1.165, 1.54) is 0 Å². The maximum atomic E-state index is 11.9. The quantitative estimate of drug-likeness (QED) is 0.348. The van der Waals surface area contributed by atoms with E-state index in [9.17, 15) is 4.79 Å². The second kappa shape index (κ2) is 10.3. The van der Waals surface area contributed by atoms with E-state index in [0.29, 0.717) is 28.8 Å². The van der Waals surface area contributed by atoms with Gasteiger partial charge < -0.3 is 9.73 Å². The Morgan fingerprint density at radius 3 is 2.13 bits per heavy atom. The number of fused-ring (bicyclic) bond motifs is 1. The topological polar surface area (TPSA) is 55.1 Å². The predicted octanol–water partition coefficient (Wildman–Crippen LogP) is 7.83. The summed E-state index contributed by atoms with van der Waals surface area (Å²) in [7, 11) is 0. The van der Waals surface area contributed by atoms with Crippen molar-refractivity contribution in [2.45, 2.75) is 34.1 Å². The summed E-state index contributed by atoms with van der Waals surface area (Å²) in [6.45, 7) is 8.06. The molecule has 1 aromatic heterocycles. The van der Waals surface area contributed by atoms with Gasteiger partial charge in [0.15, 0.2) is 5.58 Å². The van der Waals surface area contributed by atoms with E-state index in [2.05, 4.69) is 10.3 Å². The van der Waals surface area contributed by atoms with Crippen LogP contribution < -0.4 is 5.32 Å². The van der Waals surface area contributed by atoms with Crippen LogP contribution in [0.3, 0.4) is 0 Å². The third-order valence-corrected chi connectivity index (χ3v) is 4.81. The van der Waals surface area contributed by atoms with E-state index in [1.807, 2.05) is 82.3 Å². The van der Waals surface area contributed by atoms with E-state index in [-0.39, 0.29) is 5.91 Å². The third-order valence-electron chi connectivity index (χ3n) is 4.58. The Balaban J connectivity index is 0.00000132. The number of nitrogens with one attached hydrogen (secondary N) is 1. The molecule has 0 bridgehead atoms. The Kier molecular flexibility index (Phi) is 7.48. The molecular formula is C26H27ClN2O2. The largest absolute Gasteiger partial charge is 0.436 e. The summed E-state index contributed by atoms with van der Waals surface area (Å²) >= 11 is 6.01. The minimum atomic E-state index is 0.0386. The highest BCUT2D eigenvalue weighted by Crippen LogP contribution is 2.29. The van der Waals surface area contributed by atoms with Gasteiger partial charge in [0.05, 0.1) is 0 Å². The minimum Gasteiger partial charge on any atom is -0.436 e. The van der Waals surface area contributed by atoms with Crippen LogP contribution in [0.1, 0.15) is 34.1 Å². The number of aromatic nitrogens is 1. The third kappa shape index (κ3) is 5.74. The summed E-state index contributed by atoms with van der Waals surface area (Å²) in [4.78, 5) is 16.4. The zero-order chi connectivity index (χ0) is 22.4. The van der Waals surface area contributed by atoms with Crippen LogP contribution in [-0.4, -0.2) is 10.9 Å². The molecule has 0 radical (unpaired) electrons. The number of rotatable bonds is 5. The highest BCUT2D eigenvalue weighted by molar-refractivity contribution is 6.31. The zero-order valence-electron chi connectivity index (χ0n) is 18.3. The number of carbonyl (C=O) groups is 1. The molecular weight excluding hydrogens is 408 g/mol. The number of carbonyl (C=O) groups excluding carboxylic acids is 1. The molecule has 5 heteroatoms. The lowest BCUT2D eigenvalue weighted by Gasteiger charge is -2.08. The van der Waals surface area contributed by atoms with Gasteiger partial charge in [-0.05, 0) is 53.4 Å². The van der Waals surface area contributed by atoms with Crippen molar-refractivity contribution in [3.63, 3.8) is 0 Å². The van der Waals surface area contributed by atoms with Gasteiger partial charge in [-0.25, -0.2) is 4.98 Å². The summed E-state index contributed by atoms with van der Waals surface area (Å²) in [5, 5.41) is 3.55. The van der Waals surface area contributed by atoms with E-state index >= 15 is 0 Å². The normalized spacial score (nSPS) is 10.6. The van der Waals surface area contributed by atoms with Gasteiger partial charge in [0.25, 0.3) is 0 Å². The van der Waals surface area contributed by atoms with Gasteiger partial charge in [-0.2, -0.15) is 0 Å². The lowest BCUT2D eigenvalue weighted by atomic mass is 10.0. The standard InChI is InChI=1S/C24H21ClN2O2.C2H6/c1-15(2)13-23(28)26-20-10-7-17(8-11-20)16-3-5-18(6-4-16)24-27-21-12-9-19(25)14-22(21)29-24;1-2/h3-12,14-15H,13H2,1-2H3,(H,26,28);1-2H3. The molecule has 0 aliphatic heterocycles. The van der Waals surface area contributed by atoms with Crippen LogP contribution in [0.5, 0.6) is 0 Å². The van der Waals surface area contributed by atoms with Gasteiger partial charge in [0, 0.05) is 28.8 Å². The molecule has 31 heavy (non-hydrogen) atoms. The smallest absolute Gasteiger partial charge is 0.227 e. The number of hydrogen-bond acceptors (Lipinski definition) is 3. The van der Waals surface area contributed by atoms with Crippen molar-refractivity contribution < 1.29 is 9.21 Å². The van der Waals surface area contributed by atoms with Crippen LogP contribution in [0.2, 0.25) is 5.02 Å². The predicted molar refractivity (Wildman–Crippen MR) is 129 cm³/mol. The summed E-state index contributed by atoms with van der Waals surface area (Å²) in [5.41, 5.74) is 5.31. The second-order valence-corrected chi connectivity index (χ2v) is 7.87. The van der Waals surface area contributed by atoms with Crippen LogP contribution in [0.25, 0.3) is 33.7 Å². The zero-order valence-corrected chi connectivity index (χ0v) is 19.0. The molecule has 4 rings (SSSR count). The summed E-state index contributed by atoms with van der Waals surface area (Å²) in [6.07, 6.45) is 0.519. The maximum absolute atomic E-state index is 11.9. The number of benzene rings is 3. The number of amides is 1. The molecule has 0 fully saturated rings. The van der Waals surface area contributed by atoms with Gasteiger partial charge in [-0.3, -0.25) is 4.79 Å². The first kappa shape index (κ1) is 22.6. The Labute approximate surface area is 188 Å². The number of nitrogens with zero attached hydrogens (tertiary/aromatic N) is 1. The van der Waals surface area contributed by atoms with Gasteiger partial charge in [-0.15, -0.1) is 0 Å². The molecule has 1 amide bonds. The molecule has 1 heterocycles. The van der Waals surface area contributed by atoms with Gasteiger partial charge in [0.1, 0.15) is 5.52 Å². The van der Waals surface area contributed by atoms with Crippen LogP contribution in [0, 0.1) is 5.92 Å². The van der Waals surface area contributed by atoms with E-state index < -0.39 is 0 Å². The molecule has 4 nitrogen and oxygen atoms in total. The SMILES string of the molecule is CC.CC(C)CC(=O)Nc1ccc(-c2ccc(-c3nc4ccc(Cl)cc4o3)cc2)cc1. The number of halogens is 1. The molecule has 0 aliphatic rings. The van der Waals surface area contributed by atoms with Crippen molar-refractivity contribution in [2.75, 3.05) is 5.32 Å². The van der Waals surface area contributed by atoms with Crippen molar-refractivity contribution >= 4 is 34.3 Å². The Hall–Kier alpha value is -3.11. The van der Waals surface area contributed by atoms with Gasteiger partial charge >= 0.3 is 0 Å². The van der Waals surface area contributed by atoms with Crippen molar-refractivity contribution in [2.24, 2.45) is 5.92 Å². The monoisotopic (exact) mass is 434 g/mol.